The molecule has 0 saturated carbocycles. The molecule has 0 bridgehead atoms. The third-order valence-electron chi connectivity index (χ3n) is 3.99. The van der Waals surface area contributed by atoms with Gasteiger partial charge in [-0.05, 0) is 25.2 Å². The molecule has 3 rings (SSSR count). The van der Waals surface area contributed by atoms with Gasteiger partial charge >= 0.3 is 0 Å². The van der Waals surface area contributed by atoms with E-state index >= 15 is 0 Å². The van der Waals surface area contributed by atoms with Gasteiger partial charge in [0, 0.05) is 32.2 Å². The van der Waals surface area contributed by atoms with Crippen molar-refractivity contribution < 1.29 is 4.74 Å². The Kier molecular flexibility index (Phi) is 5.93. The molecular weight excluding hydrogens is 320 g/mol. The Labute approximate surface area is 147 Å². The smallest absolute Gasteiger partial charge is 0.219 e. The first-order valence-corrected chi connectivity index (χ1v) is 9.59. The summed E-state index contributed by atoms with van der Waals surface area (Å²) in [6.45, 7) is 5.85. The van der Waals surface area contributed by atoms with Crippen LogP contribution in [0.3, 0.4) is 0 Å². The molecule has 0 spiro atoms. The Bertz CT molecular complexity index is 653. The summed E-state index contributed by atoms with van der Waals surface area (Å²) in [6.07, 6.45) is 3.20. The van der Waals surface area contributed by atoms with Gasteiger partial charge in [0.2, 0.25) is 5.88 Å². The molecule has 1 fully saturated rings. The number of likely N-dealkylation sites (tertiary alicyclic amines) is 1. The topological polar surface area (TPSA) is 50.3 Å². The van der Waals surface area contributed by atoms with Crippen LogP contribution < -0.4 is 10.1 Å². The number of benzene rings is 1. The number of ether oxygens (including phenoxy) is 1. The van der Waals surface area contributed by atoms with Gasteiger partial charge in [0.05, 0.1) is 0 Å². The standard InChI is InChI=1S/C18H24N4OS/c1-3-19-16-11-17(21-18(20-16)24-2)23-15-9-10-22(13-15)12-14-7-5-4-6-8-14/h4-8,11,15H,3,9-10,12-13H2,1-2H3,(H,19,20,21). The summed E-state index contributed by atoms with van der Waals surface area (Å²) in [5.41, 5.74) is 1.35. The monoisotopic (exact) mass is 344 g/mol. The van der Waals surface area contributed by atoms with Crippen LogP contribution in [0.5, 0.6) is 5.88 Å². The molecule has 1 N–H and O–H groups in total. The van der Waals surface area contributed by atoms with E-state index in [-0.39, 0.29) is 6.10 Å². The second-order valence-electron chi connectivity index (χ2n) is 5.86. The highest BCUT2D eigenvalue weighted by Crippen LogP contribution is 2.23. The van der Waals surface area contributed by atoms with Gasteiger partial charge in [-0.25, -0.2) is 4.98 Å². The molecule has 1 aliphatic rings. The first-order valence-electron chi connectivity index (χ1n) is 8.36. The summed E-state index contributed by atoms with van der Waals surface area (Å²) in [4.78, 5) is 11.3. The third-order valence-corrected chi connectivity index (χ3v) is 4.54. The average molecular weight is 344 g/mol. The fourth-order valence-corrected chi connectivity index (χ4v) is 3.25. The van der Waals surface area contributed by atoms with Crippen molar-refractivity contribution in [1.82, 2.24) is 14.9 Å². The van der Waals surface area contributed by atoms with Crippen molar-refractivity contribution in [2.24, 2.45) is 0 Å². The van der Waals surface area contributed by atoms with Crippen LogP contribution >= 0.6 is 11.8 Å². The zero-order chi connectivity index (χ0) is 16.8. The Morgan fingerprint density at radius 2 is 2.12 bits per heavy atom. The maximum absolute atomic E-state index is 6.13. The number of hydrogen-bond donors (Lipinski definition) is 1. The zero-order valence-electron chi connectivity index (χ0n) is 14.2. The first-order chi connectivity index (χ1) is 11.8. The Morgan fingerprint density at radius 3 is 2.88 bits per heavy atom. The Morgan fingerprint density at radius 1 is 1.29 bits per heavy atom. The van der Waals surface area contributed by atoms with E-state index in [0.29, 0.717) is 5.88 Å². The number of hydrogen-bond acceptors (Lipinski definition) is 6. The largest absolute Gasteiger partial charge is 0.473 e. The zero-order valence-corrected chi connectivity index (χ0v) is 15.1. The molecular formula is C18H24N4OS. The SMILES string of the molecule is CCNc1cc(OC2CCN(Cc3ccccc3)C2)nc(SC)n1. The Hall–Kier alpha value is -1.79. The molecule has 1 unspecified atom stereocenters. The quantitative estimate of drug-likeness (QED) is 0.614. The third kappa shape index (κ3) is 4.61. The van der Waals surface area contributed by atoms with E-state index in [4.69, 9.17) is 4.74 Å². The van der Waals surface area contributed by atoms with Crippen LogP contribution in [0.4, 0.5) is 5.82 Å². The van der Waals surface area contributed by atoms with Crippen LogP contribution in [-0.4, -0.2) is 46.9 Å². The van der Waals surface area contributed by atoms with Crippen molar-refractivity contribution in [2.75, 3.05) is 31.2 Å². The summed E-state index contributed by atoms with van der Waals surface area (Å²) in [5, 5.41) is 3.97. The van der Waals surface area contributed by atoms with Crippen LogP contribution in [0.1, 0.15) is 18.9 Å². The summed E-state index contributed by atoms with van der Waals surface area (Å²) >= 11 is 1.53. The summed E-state index contributed by atoms with van der Waals surface area (Å²) in [5.74, 6) is 1.49. The van der Waals surface area contributed by atoms with Crippen LogP contribution in [0.15, 0.2) is 41.6 Å². The summed E-state index contributed by atoms with van der Waals surface area (Å²) in [7, 11) is 0. The highest BCUT2D eigenvalue weighted by molar-refractivity contribution is 7.98. The average Bonchev–Trinajstić information content (AvgIpc) is 3.02. The van der Waals surface area contributed by atoms with Crippen LogP contribution in [0, 0.1) is 0 Å². The van der Waals surface area contributed by atoms with Gasteiger partial charge in [0.1, 0.15) is 11.9 Å². The minimum absolute atomic E-state index is 0.188. The molecule has 128 valence electrons. The molecule has 0 amide bonds. The van der Waals surface area contributed by atoms with Gasteiger partial charge < -0.3 is 10.1 Å². The lowest BCUT2D eigenvalue weighted by Gasteiger charge is -2.17. The minimum atomic E-state index is 0.188. The molecule has 24 heavy (non-hydrogen) atoms. The van der Waals surface area contributed by atoms with Gasteiger partial charge in [-0.15, -0.1) is 0 Å². The predicted molar refractivity (Wildman–Crippen MR) is 98.7 cm³/mol. The van der Waals surface area contributed by atoms with Gasteiger partial charge in [0.25, 0.3) is 0 Å². The molecule has 6 heteroatoms. The van der Waals surface area contributed by atoms with E-state index in [0.717, 1.165) is 43.6 Å². The molecule has 0 radical (unpaired) electrons. The lowest BCUT2D eigenvalue weighted by molar-refractivity contribution is 0.190. The highest BCUT2D eigenvalue weighted by Gasteiger charge is 2.24. The maximum atomic E-state index is 6.13. The van der Waals surface area contributed by atoms with E-state index in [1.54, 1.807) is 0 Å². The number of anilines is 1. The number of thioether (sulfide) groups is 1. The molecule has 5 nitrogen and oxygen atoms in total. The molecule has 1 saturated heterocycles. The molecule has 1 atom stereocenters. The van der Waals surface area contributed by atoms with Crippen molar-refractivity contribution in [3.8, 4) is 5.88 Å². The van der Waals surface area contributed by atoms with Crippen LogP contribution in [-0.2, 0) is 6.54 Å². The first kappa shape index (κ1) is 17.0. The summed E-state index contributed by atoms with van der Waals surface area (Å²) in [6, 6.07) is 12.5. The second kappa shape index (κ2) is 8.35. The van der Waals surface area contributed by atoms with Crippen molar-refractivity contribution in [3.05, 3.63) is 42.0 Å². The molecule has 1 aliphatic heterocycles. The summed E-state index contributed by atoms with van der Waals surface area (Å²) < 4.78 is 6.13. The van der Waals surface area contributed by atoms with Gasteiger partial charge in [-0.3, -0.25) is 4.90 Å². The van der Waals surface area contributed by atoms with E-state index < -0.39 is 0 Å². The number of aromatic nitrogens is 2. The van der Waals surface area contributed by atoms with E-state index in [1.807, 2.05) is 12.3 Å². The van der Waals surface area contributed by atoms with Gasteiger partial charge in [-0.2, -0.15) is 4.98 Å². The molecule has 2 aromatic rings. The molecule has 1 aromatic carbocycles. The maximum Gasteiger partial charge on any atom is 0.219 e. The molecule has 0 aliphatic carbocycles. The van der Waals surface area contributed by atoms with Gasteiger partial charge in [-0.1, -0.05) is 42.1 Å². The fraction of sp³-hybridized carbons (Fsp3) is 0.444. The lowest BCUT2D eigenvalue weighted by atomic mass is 10.2. The van der Waals surface area contributed by atoms with E-state index in [1.165, 1.54) is 17.3 Å². The molecule has 1 aromatic heterocycles. The number of rotatable bonds is 7. The van der Waals surface area contributed by atoms with Crippen LogP contribution in [0.2, 0.25) is 0 Å². The predicted octanol–water partition coefficient (Wildman–Crippen LogP) is 3.28. The normalized spacial score (nSPS) is 17.8. The highest BCUT2D eigenvalue weighted by atomic mass is 32.2. The van der Waals surface area contributed by atoms with Crippen LogP contribution in [0.25, 0.3) is 0 Å². The van der Waals surface area contributed by atoms with Crippen molar-refractivity contribution >= 4 is 17.6 Å². The number of nitrogens with one attached hydrogen (secondary N) is 1. The minimum Gasteiger partial charge on any atom is -0.473 e. The molecule has 2 heterocycles. The fourth-order valence-electron chi connectivity index (χ4n) is 2.88. The van der Waals surface area contributed by atoms with E-state index in [2.05, 4.69) is 57.4 Å². The van der Waals surface area contributed by atoms with E-state index in [9.17, 15) is 0 Å². The van der Waals surface area contributed by atoms with Crippen molar-refractivity contribution in [2.45, 2.75) is 31.1 Å². The lowest BCUT2D eigenvalue weighted by Crippen LogP contribution is -2.24. The second-order valence-corrected chi connectivity index (χ2v) is 6.63. The van der Waals surface area contributed by atoms with Crippen molar-refractivity contribution in [1.29, 1.82) is 0 Å². The van der Waals surface area contributed by atoms with Gasteiger partial charge in [0.15, 0.2) is 5.16 Å². The van der Waals surface area contributed by atoms with Crippen molar-refractivity contribution in [3.63, 3.8) is 0 Å². The number of nitrogens with zero attached hydrogens (tertiary/aromatic N) is 3. The Balaban J connectivity index is 1.59.